The Hall–Kier alpha value is -1.84. The van der Waals surface area contributed by atoms with Crippen molar-refractivity contribution in [3.63, 3.8) is 0 Å². The van der Waals surface area contributed by atoms with Gasteiger partial charge in [0.1, 0.15) is 37.6 Å². The molecule has 1 amide bonds. The molecule has 0 aliphatic carbocycles. The number of alkyl carbamates (subject to hydrolysis) is 1. The fraction of sp³-hybridized carbons (Fsp3) is 0.789. The van der Waals surface area contributed by atoms with Gasteiger partial charge in [-0.1, -0.05) is 12.7 Å². The zero-order valence-corrected chi connectivity index (χ0v) is 18.1. The van der Waals surface area contributed by atoms with E-state index in [1.54, 1.807) is 0 Å². The molecule has 32 heavy (non-hydrogen) atoms. The molecule has 5 N–H and O–H groups in total. The van der Waals surface area contributed by atoms with E-state index in [9.17, 15) is 30.0 Å². The lowest BCUT2D eigenvalue weighted by Crippen LogP contribution is -2.61. The molecule has 0 radical (unpaired) electrons. The quantitative estimate of drug-likeness (QED) is 0.105. The van der Waals surface area contributed by atoms with Gasteiger partial charge in [-0.2, -0.15) is 0 Å². The van der Waals surface area contributed by atoms with Gasteiger partial charge in [0, 0.05) is 7.11 Å². The molecule has 1 saturated heterocycles. The van der Waals surface area contributed by atoms with E-state index in [1.165, 1.54) is 20.1 Å². The van der Waals surface area contributed by atoms with Gasteiger partial charge in [-0.15, -0.1) is 0 Å². The number of hydrogen-bond acceptors (Lipinski definition) is 12. The molecule has 0 saturated carbocycles. The number of esters is 1. The summed E-state index contributed by atoms with van der Waals surface area (Å²) >= 11 is 0. The maximum atomic E-state index is 12.5. The van der Waals surface area contributed by atoms with Crippen molar-refractivity contribution < 1.29 is 58.4 Å². The molecule has 0 aromatic carbocycles. The molecule has 1 rings (SSSR count). The van der Waals surface area contributed by atoms with Crippen LogP contribution >= 0.6 is 0 Å². The van der Waals surface area contributed by atoms with E-state index in [0.717, 1.165) is 0 Å². The third-order valence-electron chi connectivity index (χ3n) is 4.43. The summed E-state index contributed by atoms with van der Waals surface area (Å²) in [5.41, 5.74) is 0. The van der Waals surface area contributed by atoms with Crippen molar-refractivity contribution in [2.24, 2.45) is 0 Å². The number of aliphatic hydroxyl groups is 4. The number of hydrogen-bond donors (Lipinski definition) is 5. The average molecular weight is 467 g/mol. The van der Waals surface area contributed by atoms with Crippen LogP contribution in [0.5, 0.6) is 0 Å². The second-order valence-corrected chi connectivity index (χ2v) is 6.82. The molecule has 1 aliphatic rings. The van der Waals surface area contributed by atoms with Crippen LogP contribution in [0.1, 0.15) is 6.92 Å². The summed E-state index contributed by atoms with van der Waals surface area (Å²) in [4.78, 5) is 24.5. The lowest BCUT2D eigenvalue weighted by molar-refractivity contribution is -0.311. The van der Waals surface area contributed by atoms with Crippen molar-refractivity contribution in [2.75, 3.05) is 46.8 Å². The van der Waals surface area contributed by atoms with E-state index < -0.39 is 61.5 Å². The second kappa shape index (κ2) is 15.1. The topological polar surface area (TPSA) is 182 Å². The first kappa shape index (κ1) is 28.2. The molecule has 13 heteroatoms. The highest BCUT2D eigenvalue weighted by Gasteiger charge is 2.45. The van der Waals surface area contributed by atoms with Gasteiger partial charge in [-0.3, -0.25) is 0 Å². The van der Waals surface area contributed by atoms with Gasteiger partial charge in [0.15, 0.2) is 12.3 Å². The molecular weight excluding hydrogens is 434 g/mol. The van der Waals surface area contributed by atoms with Gasteiger partial charge in [0.2, 0.25) is 0 Å². The lowest BCUT2D eigenvalue weighted by Gasteiger charge is -2.41. The summed E-state index contributed by atoms with van der Waals surface area (Å²) in [6.07, 6.45) is -8.41. The molecule has 0 bridgehead atoms. The van der Waals surface area contributed by atoms with Crippen molar-refractivity contribution in [1.82, 2.24) is 5.32 Å². The second-order valence-electron chi connectivity index (χ2n) is 6.82. The predicted octanol–water partition coefficient (Wildman–Crippen LogP) is -2.32. The number of nitrogens with one attached hydrogen (secondary N) is 1. The van der Waals surface area contributed by atoms with Crippen LogP contribution in [-0.2, 0) is 33.2 Å². The standard InChI is InChI=1S/C19H33NO12/c1-4-5-30-19(26)20-13(17(25)29-9-8-28-7-6-27-3)11(2)31-18-16(24)15(23)14(22)12(10-21)32-18/h4,11-16,18,21-24H,1,5-10H2,2-3H3,(H,20,26)/t11-,12+,13-,14-,15-,16+,18+/m0/s1. The first-order chi connectivity index (χ1) is 15.3. The largest absolute Gasteiger partial charge is 0.462 e. The predicted molar refractivity (Wildman–Crippen MR) is 106 cm³/mol. The van der Waals surface area contributed by atoms with Gasteiger partial charge in [0.25, 0.3) is 0 Å². The lowest BCUT2D eigenvalue weighted by atomic mass is 9.99. The van der Waals surface area contributed by atoms with Crippen LogP contribution in [0.15, 0.2) is 12.7 Å². The molecule has 1 heterocycles. The van der Waals surface area contributed by atoms with Gasteiger partial charge in [-0.05, 0) is 6.92 Å². The van der Waals surface area contributed by atoms with E-state index >= 15 is 0 Å². The third-order valence-corrected chi connectivity index (χ3v) is 4.43. The van der Waals surface area contributed by atoms with Crippen LogP contribution in [0.3, 0.4) is 0 Å². The fourth-order valence-electron chi connectivity index (χ4n) is 2.68. The van der Waals surface area contributed by atoms with Crippen molar-refractivity contribution in [3.8, 4) is 0 Å². The van der Waals surface area contributed by atoms with E-state index in [0.29, 0.717) is 13.2 Å². The van der Waals surface area contributed by atoms with Crippen LogP contribution in [0.2, 0.25) is 0 Å². The Balaban J connectivity index is 2.77. The van der Waals surface area contributed by atoms with Crippen LogP contribution in [0.25, 0.3) is 0 Å². The summed E-state index contributed by atoms with van der Waals surface area (Å²) < 4.78 is 30.7. The number of ether oxygens (including phenoxy) is 6. The summed E-state index contributed by atoms with van der Waals surface area (Å²) in [7, 11) is 1.52. The minimum atomic E-state index is -1.69. The molecule has 1 fully saturated rings. The normalized spacial score (nSPS) is 27.2. The Labute approximate surface area is 185 Å². The van der Waals surface area contributed by atoms with E-state index in [1.807, 2.05) is 0 Å². The van der Waals surface area contributed by atoms with Crippen molar-refractivity contribution >= 4 is 12.1 Å². The van der Waals surface area contributed by atoms with Gasteiger partial charge in [0.05, 0.1) is 32.5 Å². The molecule has 186 valence electrons. The zero-order valence-electron chi connectivity index (χ0n) is 18.1. The summed E-state index contributed by atoms with van der Waals surface area (Å²) in [5.74, 6) is -0.881. The van der Waals surface area contributed by atoms with E-state index in [4.69, 9.17) is 28.4 Å². The molecule has 0 spiro atoms. The Morgan fingerprint density at radius 2 is 1.78 bits per heavy atom. The van der Waals surface area contributed by atoms with E-state index in [-0.39, 0.29) is 19.8 Å². The number of carbonyl (C=O) groups excluding carboxylic acids is 2. The molecule has 1 aliphatic heterocycles. The maximum Gasteiger partial charge on any atom is 0.408 e. The highest BCUT2D eigenvalue weighted by molar-refractivity contribution is 5.82. The summed E-state index contributed by atoms with van der Waals surface area (Å²) in [6, 6.07) is -1.39. The van der Waals surface area contributed by atoms with Gasteiger partial charge < -0.3 is 54.2 Å². The Kier molecular flexibility index (Phi) is 13.3. The first-order valence-electron chi connectivity index (χ1n) is 10.00. The molecule has 0 aromatic heterocycles. The molecule has 0 unspecified atom stereocenters. The molecule has 0 aromatic rings. The molecule has 7 atom stereocenters. The van der Waals surface area contributed by atoms with Crippen molar-refractivity contribution in [1.29, 1.82) is 0 Å². The number of methoxy groups -OCH3 is 1. The molecule has 13 nitrogen and oxygen atoms in total. The van der Waals surface area contributed by atoms with Crippen molar-refractivity contribution in [3.05, 3.63) is 12.7 Å². The maximum absolute atomic E-state index is 12.5. The monoisotopic (exact) mass is 467 g/mol. The minimum absolute atomic E-state index is 0.0880. The minimum Gasteiger partial charge on any atom is -0.462 e. The van der Waals surface area contributed by atoms with Gasteiger partial charge in [-0.25, -0.2) is 9.59 Å². The highest BCUT2D eigenvalue weighted by atomic mass is 16.7. The Morgan fingerprint density at radius 3 is 2.41 bits per heavy atom. The Bertz CT molecular complexity index is 575. The van der Waals surface area contributed by atoms with Crippen LogP contribution < -0.4 is 5.32 Å². The van der Waals surface area contributed by atoms with E-state index in [2.05, 4.69) is 11.9 Å². The molecular formula is C19H33NO12. The zero-order chi connectivity index (χ0) is 24.1. The summed E-state index contributed by atoms with van der Waals surface area (Å²) in [5, 5.41) is 41.5. The van der Waals surface area contributed by atoms with Crippen LogP contribution in [-0.4, -0.2) is 122 Å². The van der Waals surface area contributed by atoms with Crippen molar-refractivity contribution in [2.45, 2.75) is 49.8 Å². The third kappa shape index (κ3) is 8.96. The van der Waals surface area contributed by atoms with Crippen LogP contribution in [0.4, 0.5) is 4.79 Å². The van der Waals surface area contributed by atoms with Crippen LogP contribution in [0, 0.1) is 0 Å². The number of amides is 1. The number of carbonyl (C=O) groups is 2. The summed E-state index contributed by atoms with van der Waals surface area (Å²) in [6.45, 7) is 4.69. The SMILES string of the molecule is C=CCOC(=O)N[C@H](C(=O)OCCOCCOC)[C@H](C)O[C@@H]1O[C@H](CO)[C@H](O)[C@H](O)[C@H]1O. The van der Waals surface area contributed by atoms with Gasteiger partial charge >= 0.3 is 12.1 Å². The first-order valence-corrected chi connectivity index (χ1v) is 10.00. The number of aliphatic hydroxyl groups excluding tert-OH is 4. The Morgan fingerprint density at radius 1 is 1.09 bits per heavy atom. The average Bonchev–Trinajstić information content (AvgIpc) is 2.78. The smallest absolute Gasteiger partial charge is 0.408 e. The fourth-order valence-corrected chi connectivity index (χ4v) is 2.68. The highest BCUT2D eigenvalue weighted by Crippen LogP contribution is 2.23. The number of rotatable bonds is 14.